The van der Waals surface area contributed by atoms with Gasteiger partial charge in [-0.2, -0.15) is 11.3 Å². The van der Waals surface area contributed by atoms with Crippen molar-refractivity contribution in [1.82, 2.24) is 5.32 Å². The van der Waals surface area contributed by atoms with Gasteiger partial charge in [0, 0.05) is 17.3 Å². The molecule has 0 atom stereocenters. The number of hydrogen-bond acceptors (Lipinski definition) is 3. The molecule has 0 unspecified atom stereocenters. The second kappa shape index (κ2) is 5.37. The summed E-state index contributed by atoms with van der Waals surface area (Å²) in [4.78, 5) is 12.2. The Morgan fingerprint density at radius 1 is 1.29 bits per heavy atom. The topological polar surface area (TPSA) is 42.2 Å². The zero-order valence-corrected chi connectivity index (χ0v) is 12.9. The summed E-state index contributed by atoms with van der Waals surface area (Å²) in [7, 11) is 0. The van der Waals surface area contributed by atoms with Crippen molar-refractivity contribution in [3.8, 4) is 0 Å². The molecule has 1 amide bonds. The van der Waals surface area contributed by atoms with Gasteiger partial charge in [-0.3, -0.25) is 4.79 Å². The van der Waals surface area contributed by atoms with E-state index in [0.29, 0.717) is 12.3 Å². The maximum atomic E-state index is 12.2. The van der Waals surface area contributed by atoms with E-state index in [1.807, 2.05) is 24.3 Å². The summed E-state index contributed by atoms with van der Waals surface area (Å²) in [6, 6.07) is 11.5. The first-order valence-electron chi connectivity index (χ1n) is 6.86. The van der Waals surface area contributed by atoms with Crippen LogP contribution in [-0.2, 0) is 5.41 Å². The van der Waals surface area contributed by atoms with E-state index in [4.69, 9.17) is 4.42 Å². The Kier molecular flexibility index (Phi) is 3.55. The van der Waals surface area contributed by atoms with Gasteiger partial charge in [-0.1, -0.05) is 32.0 Å². The molecule has 1 N–H and O–H groups in total. The van der Waals surface area contributed by atoms with E-state index in [1.165, 1.54) is 5.56 Å². The molecular formula is C17H17NO2S. The molecule has 2 aromatic heterocycles. The quantitative estimate of drug-likeness (QED) is 0.784. The molecule has 0 radical (unpaired) electrons. The lowest BCUT2D eigenvalue weighted by Gasteiger charge is -2.23. The summed E-state index contributed by atoms with van der Waals surface area (Å²) in [5.41, 5.74) is 1.87. The largest absolute Gasteiger partial charge is 0.451 e. The van der Waals surface area contributed by atoms with Gasteiger partial charge in [0.1, 0.15) is 5.58 Å². The maximum absolute atomic E-state index is 12.2. The van der Waals surface area contributed by atoms with Gasteiger partial charge < -0.3 is 9.73 Å². The van der Waals surface area contributed by atoms with Crippen LogP contribution in [0.2, 0.25) is 0 Å². The zero-order chi connectivity index (χ0) is 14.9. The molecule has 3 rings (SSSR count). The molecule has 0 saturated carbocycles. The first kappa shape index (κ1) is 13.9. The van der Waals surface area contributed by atoms with Crippen molar-refractivity contribution in [1.29, 1.82) is 0 Å². The van der Waals surface area contributed by atoms with Crippen LogP contribution in [0.5, 0.6) is 0 Å². The first-order valence-corrected chi connectivity index (χ1v) is 7.80. The number of fused-ring (bicyclic) bond motifs is 1. The number of carbonyl (C=O) groups is 1. The standard InChI is InChI=1S/C17H17NO2S/c1-17(2,13-7-8-21-10-13)11-18-16(19)15-9-12-5-3-4-6-14(12)20-15/h3-10H,11H2,1-2H3,(H,18,19). The third-order valence-electron chi connectivity index (χ3n) is 3.64. The fourth-order valence-electron chi connectivity index (χ4n) is 2.23. The fraction of sp³-hybridized carbons (Fsp3) is 0.235. The maximum Gasteiger partial charge on any atom is 0.287 e. The summed E-state index contributed by atoms with van der Waals surface area (Å²) in [5.74, 6) is 0.187. The number of nitrogens with one attached hydrogen (secondary N) is 1. The number of rotatable bonds is 4. The zero-order valence-electron chi connectivity index (χ0n) is 12.1. The lowest BCUT2D eigenvalue weighted by Crippen LogP contribution is -2.36. The molecule has 0 bridgehead atoms. The van der Waals surface area contributed by atoms with E-state index >= 15 is 0 Å². The average Bonchev–Trinajstić information content (AvgIpc) is 3.13. The Morgan fingerprint density at radius 3 is 2.81 bits per heavy atom. The van der Waals surface area contributed by atoms with Crippen molar-refractivity contribution in [2.24, 2.45) is 0 Å². The molecule has 0 aliphatic carbocycles. The number of thiophene rings is 1. The monoisotopic (exact) mass is 299 g/mol. The third kappa shape index (κ3) is 2.85. The molecule has 0 aliphatic rings. The van der Waals surface area contributed by atoms with Gasteiger partial charge >= 0.3 is 0 Å². The first-order chi connectivity index (χ1) is 10.1. The Bertz CT molecular complexity index is 723. The SMILES string of the molecule is CC(C)(CNC(=O)c1cc2ccccc2o1)c1ccsc1. The smallest absolute Gasteiger partial charge is 0.287 e. The molecule has 1 aromatic carbocycles. The highest BCUT2D eigenvalue weighted by Crippen LogP contribution is 2.25. The van der Waals surface area contributed by atoms with Crippen LogP contribution in [-0.4, -0.2) is 12.5 Å². The molecule has 108 valence electrons. The van der Waals surface area contributed by atoms with Gasteiger partial charge in [0.05, 0.1) is 0 Å². The van der Waals surface area contributed by atoms with Crippen LogP contribution in [0.4, 0.5) is 0 Å². The Balaban J connectivity index is 1.72. The van der Waals surface area contributed by atoms with E-state index in [1.54, 1.807) is 17.4 Å². The minimum absolute atomic E-state index is 0.0956. The van der Waals surface area contributed by atoms with Gasteiger partial charge in [-0.25, -0.2) is 0 Å². The van der Waals surface area contributed by atoms with E-state index in [-0.39, 0.29) is 11.3 Å². The van der Waals surface area contributed by atoms with Crippen LogP contribution in [0.1, 0.15) is 30.0 Å². The van der Waals surface area contributed by atoms with Gasteiger partial charge in [-0.05, 0) is 34.5 Å². The molecule has 2 heterocycles. The van der Waals surface area contributed by atoms with E-state index in [0.717, 1.165) is 11.0 Å². The molecule has 4 heteroatoms. The number of para-hydroxylation sites is 1. The van der Waals surface area contributed by atoms with E-state index in [2.05, 4.69) is 36.0 Å². The number of carbonyl (C=O) groups excluding carboxylic acids is 1. The second-order valence-electron chi connectivity index (χ2n) is 5.73. The third-order valence-corrected chi connectivity index (χ3v) is 4.33. The number of amides is 1. The highest BCUT2D eigenvalue weighted by atomic mass is 32.1. The molecule has 3 aromatic rings. The van der Waals surface area contributed by atoms with Gasteiger partial charge in [-0.15, -0.1) is 0 Å². The average molecular weight is 299 g/mol. The van der Waals surface area contributed by atoms with Crippen molar-refractivity contribution in [2.75, 3.05) is 6.54 Å². The minimum Gasteiger partial charge on any atom is -0.451 e. The summed E-state index contributed by atoms with van der Waals surface area (Å²) in [5, 5.41) is 8.08. The lowest BCUT2D eigenvalue weighted by molar-refractivity contribution is 0.0920. The molecule has 3 nitrogen and oxygen atoms in total. The fourth-order valence-corrected chi connectivity index (χ4v) is 3.08. The highest BCUT2D eigenvalue weighted by molar-refractivity contribution is 7.08. The summed E-state index contributed by atoms with van der Waals surface area (Å²) in [6.07, 6.45) is 0. The van der Waals surface area contributed by atoms with Crippen LogP contribution >= 0.6 is 11.3 Å². The lowest BCUT2D eigenvalue weighted by atomic mass is 9.86. The van der Waals surface area contributed by atoms with Crippen molar-refractivity contribution < 1.29 is 9.21 Å². The number of benzene rings is 1. The van der Waals surface area contributed by atoms with Crippen molar-refractivity contribution in [3.05, 3.63) is 58.5 Å². The molecule has 0 aliphatic heterocycles. The van der Waals surface area contributed by atoms with Crippen LogP contribution in [0.3, 0.4) is 0 Å². The van der Waals surface area contributed by atoms with Gasteiger partial charge in [0.25, 0.3) is 5.91 Å². The highest BCUT2D eigenvalue weighted by Gasteiger charge is 2.23. The Hall–Kier alpha value is -2.07. The molecular weight excluding hydrogens is 282 g/mol. The summed E-state index contributed by atoms with van der Waals surface area (Å²) < 4.78 is 5.58. The predicted molar refractivity (Wildman–Crippen MR) is 85.9 cm³/mol. The molecule has 0 saturated heterocycles. The van der Waals surface area contributed by atoms with Gasteiger partial charge in [0.15, 0.2) is 5.76 Å². The second-order valence-corrected chi connectivity index (χ2v) is 6.51. The number of hydrogen-bond donors (Lipinski definition) is 1. The summed E-state index contributed by atoms with van der Waals surface area (Å²) in [6.45, 7) is 4.81. The molecule has 21 heavy (non-hydrogen) atoms. The molecule has 0 spiro atoms. The minimum atomic E-state index is -0.172. The Labute approximate surface area is 127 Å². The number of furan rings is 1. The van der Waals surface area contributed by atoms with Crippen LogP contribution < -0.4 is 5.32 Å². The van der Waals surface area contributed by atoms with Crippen molar-refractivity contribution in [3.63, 3.8) is 0 Å². The van der Waals surface area contributed by atoms with Crippen molar-refractivity contribution in [2.45, 2.75) is 19.3 Å². The normalized spacial score (nSPS) is 11.7. The Morgan fingerprint density at radius 2 is 2.10 bits per heavy atom. The van der Waals surface area contributed by atoms with Crippen LogP contribution in [0.15, 0.2) is 51.6 Å². The molecule has 0 fully saturated rings. The van der Waals surface area contributed by atoms with Gasteiger partial charge in [0.2, 0.25) is 0 Å². The van der Waals surface area contributed by atoms with E-state index in [9.17, 15) is 4.79 Å². The predicted octanol–water partition coefficient (Wildman–Crippen LogP) is 4.20. The van der Waals surface area contributed by atoms with Crippen LogP contribution in [0.25, 0.3) is 11.0 Å². The van der Waals surface area contributed by atoms with Crippen LogP contribution in [0, 0.1) is 0 Å². The summed E-state index contributed by atoms with van der Waals surface area (Å²) >= 11 is 1.67. The van der Waals surface area contributed by atoms with E-state index < -0.39 is 0 Å². The van der Waals surface area contributed by atoms with Crippen molar-refractivity contribution >= 4 is 28.2 Å².